The highest BCUT2D eigenvalue weighted by Gasteiger charge is 2.20. The van der Waals surface area contributed by atoms with E-state index in [-0.39, 0.29) is 12.7 Å². The molecule has 0 radical (unpaired) electrons. The Hall–Kier alpha value is -0.900. The molecule has 0 aromatic heterocycles. The average Bonchev–Trinajstić information content (AvgIpc) is 2.41. The number of hydrogen-bond donors (Lipinski definition) is 1. The van der Waals surface area contributed by atoms with Gasteiger partial charge in [0.1, 0.15) is 0 Å². The third-order valence-electron chi connectivity index (χ3n) is 3.13. The first kappa shape index (κ1) is 12.6. The van der Waals surface area contributed by atoms with Gasteiger partial charge in [-0.3, -0.25) is 0 Å². The Balaban J connectivity index is 1.63. The first-order chi connectivity index (χ1) is 8.38. The minimum absolute atomic E-state index is 0.0420. The van der Waals surface area contributed by atoms with Crippen molar-refractivity contribution in [3.8, 4) is 0 Å². The lowest BCUT2D eigenvalue weighted by atomic mass is 9.99. The van der Waals surface area contributed by atoms with Crippen molar-refractivity contribution in [1.29, 1.82) is 0 Å². The quantitative estimate of drug-likeness (QED) is 0.849. The third kappa shape index (κ3) is 4.11. The molecule has 1 saturated heterocycles. The summed E-state index contributed by atoms with van der Waals surface area (Å²) in [6.45, 7) is 2.26. The molecule has 0 spiro atoms. The molecule has 1 heterocycles. The molecule has 17 heavy (non-hydrogen) atoms. The lowest BCUT2D eigenvalue weighted by molar-refractivity contribution is -0.0633. The molecule has 1 aromatic rings. The van der Waals surface area contributed by atoms with E-state index in [0.29, 0.717) is 19.1 Å². The van der Waals surface area contributed by atoms with Crippen LogP contribution < -0.4 is 0 Å². The van der Waals surface area contributed by atoms with Crippen LogP contribution in [0.2, 0.25) is 0 Å². The Morgan fingerprint density at radius 2 is 2.06 bits per heavy atom. The number of benzene rings is 1. The highest BCUT2D eigenvalue weighted by atomic mass is 16.5. The molecule has 0 bridgehead atoms. The third-order valence-corrected chi connectivity index (χ3v) is 3.13. The summed E-state index contributed by atoms with van der Waals surface area (Å²) >= 11 is 0. The SMILES string of the molecule is OCC1CC[C@@H](COCc2ccccc2)CO1. The Morgan fingerprint density at radius 1 is 1.24 bits per heavy atom. The molecule has 1 aliphatic rings. The van der Waals surface area contributed by atoms with Crippen LogP contribution in [0.5, 0.6) is 0 Å². The summed E-state index contributed by atoms with van der Waals surface area (Å²) in [5, 5.41) is 8.95. The molecule has 94 valence electrons. The summed E-state index contributed by atoms with van der Waals surface area (Å²) < 4.78 is 11.2. The van der Waals surface area contributed by atoms with Gasteiger partial charge in [0, 0.05) is 5.92 Å². The van der Waals surface area contributed by atoms with E-state index in [2.05, 4.69) is 12.1 Å². The van der Waals surface area contributed by atoms with Gasteiger partial charge in [-0.25, -0.2) is 0 Å². The molecule has 3 nitrogen and oxygen atoms in total. The van der Waals surface area contributed by atoms with E-state index in [9.17, 15) is 0 Å². The van der Waals surface area contributed by atoms with Crippen LogP contribution in [0.3, 0.4) is 0 Å². The van der Waals surface area contributed by atoms with Gasteiger partial charge >= 0.3 is 0 Å². The number of aliphatic hydroxyl groups excluding tert-OH is 1. The van der Waals surface area contributed by atoms with E-state index in [4.69, 9.17) is 14.6 Å². The minimum Gasteiger partial charge on any atom is -0.394 e. The topological polar surface area (TPSA) is 38.7 Å². The minimum atomic E-state index is 0.0420. The van der Waals surface area contributed by atoms with E-state index in [1.54, 1.807) is 0 Å². The normalized spacial score (nSPS) is 24.8. The van der Waals surface area contributed by atoms with E-state index in [1.807, 2.05) is 18.2 Å². The Labute approximate surface area is 102 Å². The van der Waals surface area contributed by atoms with Gasteiger partial charge in [0.05, 0.1) is 32.5 Å². The Kier molecular flexibility index (Phi) is 4.98. The maximum Gasteiger partial charge on any atom is 0.0806 e. The largest absolute Gasteiger partial charge is 0.394 e. The molecule has 3 heteroatoms. The van der Waals surface area contributed by atoms with Gasteiger partial charge in [-0.15, -0.1) is 0 Å². The summed E-state index contributed by atoms with van der Waals surface area (Å²) in [7, 11) is 0. The summed E-state index contributed by atoms with van der Waals surface area (Å²) in [5.74, 6) is 0.474. The number of aliphatic hydroxyl groups is 1. The highest BCUT2D eigenvalue weighted by molar-refractivity contribution is 5.13. The number of hydrogen-bond acceptors (Lipinski definition) is 3. The lowest BCUT2D eigenvalue weighted by Crippen LogP contribution is -2.30. The van der Waals surface area contributed by atoms with E-state index < -0.39 is 0 Å². The molecule has 1 aromatic carbocycles. The van der Waals surface area contributed by atoms with E-state index in [1.165, 1.54) is 5.56 Å². The number of rotatable bonds is 5. The maximum atomic E-state index is 8.95. The number of ether oxygens (including phenoxy) is 2. The van der Waals surface area contributed by atoms with E-state index in [0.717, 1.165) is 19.4 Å². The van der Waals surface area contributed by atoms with Crippen molar-refractivity contribution < 1.29 is 14.6 Å². The fourth-order valence-corrected chi connectivity index (χ4v) is 2.05. The predicted molar refractivity (Wildman–Crippen MR) is 65.6 cm³/mol. The predicted octanol–water partition coefficient (Wildman–Crippen LogP) is 1.99. The molecular formula is C14H20O3. The first-order valence-electron chi connectivity index (χ1n) is 6.22. The Morgan fingerprint density at radius 3 is 2.71 bits per heavy atom. The van der Waals surface area contributed by atoms with Gasteiger partial charge in [-0.1, -0.05) is 30.3 Å². The van der Waals surface area contributed by atoms with Gasteiger partial charge in [0.15, 0.2) is 0 Å². The molecule has 0 saturated carbocycles. The van der Waals surface area contributed by atoms with Gasteiger partial charge < -0.3 is 14.6 Å². The van der Waals surface area contributed by atoms with Crippen LogP contribution in [0.4, 0.5) is 0 Å². The molecule has 1 unspecified atom stereocenters. The van der Waals surface area contributed by atoms with Crippen LogP contribution >= 0.6 is 0 Å². The molecular weight excluding hydrogens is 216 g/mol. The molecule has 0 amide bonds. The molecule has 1 aliphatic heterocycles. The van der Waals surface area contributed by atoms with Crippen molar-refractivity contribution in [2.75, 3.05) is 19.8 Å². The van der Waals surface area contributed by atoms with Crippen LogP contribution in [0.25, 0.3) is 0 Å². The Bertz CT molecular complexity index is 305. The molecule has 2 rings (SSSR count). The van der Waals surface area contributed by atoms with Crippen LogP contribution in [0.15, 0.2) is 30.3 Å². The fraction of sp³-hybridized carbons (Fsp3) is 0.571. The smallest absolute Gasteiger partial charge is 0.0806 e. The van der Waals surface area contributed by atoms with Crippen molar-refractivity contribution in [1.82, 2.24) is 0 Å². The monoisotopic (exact) mass is 236 g/mol. The van der Waals surface area contributed by atoms with Crippen LogP contribution in [0, 0.1) is 5.92 Å². The van der Waals surface area contributed by atoms with Crippen molar-refractivity contribution in [2.24, 2.45) is 5.92 Å². The average molecular weight is 236 g/mol. The zero-order valence-corrected chi connectivity index (χ0v) is 10.0. The van der Waals surface area contributed by atoms with Crippen molar-refractivity contribution in [2.45, 2.75) is 25.6 Å². The second-order valence-electron chi connectivity index (χ2n) is 4.58. The summed E-state index contributed by atoms with van der Waals surface area (Å²) in [6.07, 6.45) is 2.07. The molecule has 1 N–H and O–H groups in total. The van der Waals surface area contributed by atoms with Crippen molar-refractivity contribution in [3.05, 3.63) is 35.9 Å². The highest BCUT2D eigenvalue weighted by Crippen LogP contribution is 2.19. The van der Waals surface area contributed by atoms with Gasteiger partial charge in [0.25, 0.3) is 0 Å². The van der Waals surface area contributed by atoms with Gasteiger partial charge in [-0.2, -0.15) is 0 Å². The molecule has 1 fully saturated rings. The summed E-state index contributed by atoms with van der Waals surface area (Å²) in [5.41, 5.74) is 1.21. The van der Waals surface area contributed by atoms with Gasteiger partial charge in [0.2, 0.25) is 0 Å². The zero-order valence-electron chi connectivity index (χ0n) is 10.0. The van der Waals surface area contributed by atoms with Crippen LogP contribution in [0.1, 0.15) is 18.4 Å². The van der Waals surface area contributed by atoms with Crippen LogP contribution in [-0.2, 0) is 16.1 Å². The first-order valence-corrected chi connectivity index (χ1v) is 6.22. The zero-order chi connectivity index (χ0) is 11.9. The standard InChI is InChI=1S/C14H20O3/c15-8-14-7-6-13(11-17-14)10-16-9-12-4-2-1-3-5-12/h1-5,13-15H,6-11H2/t13-,14?/m0/s1. The molecule has 2 atom stereocenters. The second-order valence-corrected chi connectivity index (χ2v) is 4.58. The van der Waals surface area contributed by atoms with Gasteiger partial charge in [-0.05, 0) is 18.4 Å². The second kappa shape index (κ2) is 6.74. The summed E-state index contributed by atoms with van der Waals surface area (Å²) in [6, 6.07) is 10.2. The van der Waals surface area contributed by atoms with E-state index >= 15 is 0 Å². The fourth-order valence-electron chi connectivity index (χ4n) is 2.05. The van der Waals surface area contributed by atoms with Crippen LogP contribution in [-0.4, -0.2) is 31.0 Å². The maximum absolute atomic E-state index is 8.95. The molecule has 0 aliphatic carbocycles. The van der Waals surface area contributed by atoms with Crippen molar-refractivity contribution in [3.63, 3.8) is 0 Å². The lowest BCUT2D eigenvalue weighted by Gasteiger charge is -2.27. The summed E-state index contributed by atoms with van der Waals surface area (Å²) in [4.78, 5) is 0. The van der Waals surface area contributed by atoms with Crippen molar-refractivity contribution >= 4 is 0 Å².